The molecule has 3 aromatic rings. The van der Waals surface area contributed by atoms with E-state index in [1.54, 1.807) is 18.2 Å². The Morgan fingerprint density at radius 1 is 1.03 bits per heavy atom. The zero-order valence-corrected chi connectivity index (χ0v) is 18.8. The third-order valence-corrected chi connectivity index (χ3v) is 5.78. The van der Waals surface area contributed by atoms with Crippen molar-refractivity contribution in [2.24, 2.45) is 0 Å². The van der Waals surface area contributed by atoms with Crippen molar-refractivity contribution in [1.82, 2.24) is 5.32 Å². The molecule has 0 unspecified atom stereocenters. The predicted molar refractivity (Wildman–Crippen MR) is 131 cm³/mol. The van der Waals surface area contributed by atoms with Crippen molar-refractivity contribution in [2.75, 3.05) is 30.4 Å². The van der Waals surface area contributed by atoms with Gasteiger partial charge in [-0.25, -0.2) is 0 Å². The number of amides is 1. The van der Waals surface area contributed by atoms with Crippen molar-refractivity contribution >= 4 is 28.6 Å². The number of carbonyl (C=O) groups excluding carboxylic acids is 1. The Kier molecular flexibility index (Phi) is 5.90. The van der Waals surface area contributed by atoms with Crippen LogP contribution >= 0.6 is 0 Å². The van der Waals surface area contributed by atoms with Crippen molar-refractivity contribution in [3.63, 3.8) is 0 Å². The minimum Gasteiger partial charge on any atom is -0.486 e. The van der Waals surface area contributed by atoms with Crippen molar-refractivity contribution in [2.45, 2.75) is 13.5 Å². The molecule has 34 heavy (non-hydrogen) atoms. The maximum Gasteiger partial charge on any atom is 0.258 e. The van der Waals surface area contributed by atoms with Gasteiger partial charge in [0.1, 0.15) is 13.2 Å². The summed E-state index contributed by atoms with van der Waals surface area (Å²) in [6, 6.07) is 21.1. The molecule has 0 fully saturated rings. The van der Waals surface area contributed by atoms with E-state index in [1.165, 1.54) is 5.56 Å². The molecular weight excluding hydrogens is 428 g/mol. The Labute approximate surface area is 198 Å². The van der Waals surface area contributed by atoms with Crippen LogP contribution in [0.2, 0.25) is 0 Å². The first-order chi connectivity index (χ1) is 16.7. The van der Waals surface area contributed by atoms with Gasteiger partial charge in [-0.15, -0.1) is 0 Å². The second-order valence-corrected chi connectivity index (χ2v) is 8.04. The summed E-state index contributed by atoms with van der Waals surface area (Å²) in [5.41, 5.74) is 5.84. The normalized spacial score (nSPS) is 15.2. The van der Waals surface area contributed by atoms with E-state index in [9.17, 15) is 10.1 Å². The van der Waals surface area contributed by atoms with Crippen LogP contribution < -0.4 is 25.4 Å². The molecule has 0 atom stereocenters. The quantitative estimate of drug-likeness (QED) is 0.481. The minimum atomic E-state index is -0.230. The molecule has 2 heterocycles. The fourth-order valence-corrected chi connectivity index (χ4v) is 4.09. The predicted octanol–water partition coefficient (Wildman–Crippen LogP) is 4.37. The molecule has 170 valence electrons. The van der Waals surface area contributed by atoms with Crippen LogP contribution in [-0.4, -0.2) is 25.7 Å². The van der Waals surface area contributed by atoms with Crippen LogP contribution in [0.25, 0.3) is 11.3 Å². The molecule has 5 rings (SSSR count). The van der Waals surface area contributed by atoms with E-state index >= 15 is 0 Å². The van der Waals surface area contributed by atoms with E-state index in [-0.39, 0.29) is 5.91 Å². The lowest BCUT2D eigenvalue weighted by Crippen LogP contribution is -2.16. The number of nitrogens with one attached hydrogen (secondary N) is 3. The molecule has 0 radical (unpaired) electrons. The van der Waals surface area contributed by atoms with Crippen molar-refractivity contribution in [1.29, 1.82) is 5.26 Å². The largest absolute Gasteiger partial charge is 0.486 e. The molecule has 7 heteroatoms. The Bertz CT molecular complexity index is 1320. The van der Waals surface area contributed by atoms with Crippen LogP contribution in [0.5, 0.6) is 11.5 Å². The molecule has 2 aliphatic rings. The first-order valence-corrected chi connectivity index (χ1v) is 11.2. The Morgan fingerprint density at radius 3 is 2.59 bits per heavy atom. The van der Waals surface area contributed by atoms with Gasteiger partial charge in [-0.3, -0.25) is 4.79 Å². The van der Waals surface area contributed by atoms with Crippen LogP contribution in [0.15, 0.2) is 60.7 Å². The zero-order valence-electron chi connectivity index (χ0n) is 18.8. The van der Waals surface area contributed by atoms with E-state index in [1.807, 2.05) is 30.3 Å². The average molecular weight is 453 g/mol. The summed E-state index contributed by atoms with van der Waals surface area (Å²) in [6.45, 7) is 4.76. The third-order valence-electron chi connectivity index (χ3n) is 5.78. The van der Waals surface area contributed by atoms with Crippen molar-refractivity contribution in [3.8, 4) is 17.6 Å². The highest BCUT2D eigenvalue weighted by Gasteiger charge is 2.29. The van der Waals surface area contributed by atoms with E-state index in [0.717, 1.165) is 29.9 Å². The lowest BCUT2D eigenvalue weighted by atomic mass is 9.98. The molecule has 1 amide bonds. The first kappa shape index (κ1) is 21.6. The molecule has 0 saturated heterocycles. The number of hydrogen-bond acceptors (Lipinski definition) is 6. The zero-order chi connectivity index (χ0) is 23.5. The second kappa shape index (κ2) is 9.30. The SMILES string of the molecule is CCNCc1ccc(N/C(=C2\C(=O)Nc3cc(C#N)ccc32)c2ccc3c(c2)OCCO3)cc1. The summed E-state index contributed by atoms with van der Waals surface area (Å²) in [7, 11) is 0. The van der Waals surface area contributed by atoms with Gasteiger partial charge in [-0.05, 0) is 54.6 Å². The second-order valence-electron chi connectivity index (χ2n) is 8.04. The molecule has 2 aliphatic heterocycles. The molecule has 0 bridgehead atoms. The van der Waals surface area contributed by atoms with E-state index in [4.69, 9.17) is 9.47 Å². The van der Waals surface area contributed by atoms with Gasteiger partial charge in [0.2, 0.25) is 0 Å². The summed E-state index contributed by atoms with van der Waals surface area (Å²) in [6.07, 6.45) is 0. The van der Waals surface area contributed by atoms with E-state index in [0.29, 0.717) is 47.2 Å². The topological polar surface area (TPSA) is 95.4 Å². The third kappa shape index (κ3) is 4.19. The molecular formula is C27H24N4O3. The molecule has 0 spiro atoms. The van der Waals surface area contributed by atoms with Gasteiger partial charge < -0.3 is 25.4 Å². The number of hydrogen-bond donors (Lipinski definition) is 3. The van der Waals surface area contributed by atoms with Crippen LogP contribution in [0, 0.1) is 11.3 Å². The summed E-state index contributed by atoms with van der Waals surface area (Å²) >= 11 is 0. The summed E-state index contributed by atoms with van der Waals surface area (Å²) < 4.78 is 11.5. The van der Waals surface area contributed by atoms with Crippen molar-refractivity contribution < 1.29 is 14.3 Å². The number of nitriles is 1. The maximum atomic E-state index is 13.1. The van der Waals surface area contributed by atoms with Crippen LogP contribution in [0.4, 0.5) is 11.4 Å². The fourth-order valence-electron chi connectivity index (χ4n) is 4.09. The van der Waals surface area contributed by atoms with Gasteiger partial charge in [0.25, 0.3) is 5.91 Å². The highest BCUT2D eigenvalue weighted by atomic mass is 16.6. The molecule has 3 aromatic carbocycles. The standard InChI is InChI=1S/C27H24N4O3/c1-2-29-16-17-3-7-20(8-4-17)30-26(19-6-10-23-24(14-19)34-12-11-33-23)25-21-9-5-18(15-28)13-22(21)31-27(25)32/h3-10,13-14,29-30H,2,11-12,16H2,1H3,(H,31,32)/b26-25-. The Hall–Kier alpha value is -4.28. The molecule has 7 nitrogen and oxygen atoms in total. The average Bonchev–Trinajstić information content (AvgIpc) is 3.21. The number of fused-ring (bicyclic) bond motifs is 2. The number of carbonyl (C=O) groups is 1. The van der Waals surface area contributed by atoms with Gasteiger partial charge in [0.15, 0.2) is 11.5 Å². The Morgan fingerprint density at radius 2 is 1.82 bits per heavy atom. The maximum absolute atomic E-state index is 13.1. The van der Waals surface area contributed by atoms with Gasteiger partial charge in [0.05, 0.1) is 28.6 Å². The summed E-state index contributed by atoms with van der Waals surface area (Å²) in [4.78, 5) is 13.1. The smallest absolute Gasteiger partial charge is 0.258 e. The van der Waals surface area contributed by atoms with Gasteiger partial charge in [-0.2, -0.15) is 5.26 Å². The number of ether oxygens (including phenoxy) is 2. The van der Waals surface area contributed by atoms with Crippen LogP contribution in [-0.2, 0) is 11.3 Å². The number of anilines is 2. The highest BCUT2D eigenvalue weighted by Crippen LogP contribution is 2.40. The minimum absolute atomic E-state index is 0.230. The first-order valence-electron chi connectivity index (χ1n) is 11.2. The Balaban J connectivity index is 1.60. The van der Waals surface area contributed by atoms with Gasteiger partial charge >= 0.3 is 0 Å². The summed E-state index contributed by atoms with van der Waals surface area (Å²) in [5, 5.41) is 18.9. The van der Waals surface area contributed by atoms with E-state index < -0.39 is 0 Å². The number of benzene rings is 3. The molecule has 0 aliphatic carbocycles. The monoisotopic (exact) mass is 452 g/mol. The van der Waals surface area contributed by atoms with E-state index in [2.05, 4.69) is 41.1 Å². The fraction of sp³-hybridized carbons (Fsp3) is 0.185. The number of nitrogens with zero attached hydrogens (tertiary/aromatic N) is 1. The van der Waals surface area contributed by atoms with Crippen molar-refractivity contribution in [3.05, 3.63) is 82.9 Å². The molecule has 0 aromatic heterocycles. The van der Waals surface area contributed by atoms with Crippen LogP contribution in [0.3, 0.4) is 0 Å². The lowest BCUT2D eigenvalue weighted by molar-refractivity contribution is -0.110. The van der Waals surface area contributed by atoms with Crippen LogP contribution in [0.1, 0.15) is 29.2 Å². The molecule has 0 saturated carbocycles. The molecule has 3 N–H and O–H groups in total. The lowest BCUT2D eigenvalue weighted by Gasteiger charge is -2.21. The summed E-state index contributed by atoms with van der Waals surface area (Å²) in [5.74, 6) is 1.09. The highest BCUT2D eigenvalue weighted by molar-refractivity contribution is 6.37. The van der Waals surface area contributed by atoms with Gasteiger partial charge in [0, 0.05) is 23.4 Å². The van der Waals surface area contributed by atoms with Gasteiger partial charge in [-0.1, -0.05) is 25.1 Å². The number of rotatable bonds is 6.